The van der Waals surface area contributed by atoms with Crippen LogP contribution in [0, 0.1) is 5.92 Å². The highest BCUT2D eigenvalue weighted by Crippen LogP contribution is 2.32. The fourth-order valence-electron chi connectivity index (χ4n) is 1.60. The topological polar surface area (TPSA) is 83.5 Å². The van der Waals surface area contributed by atoms with Gasteiger partial charge >= 0.3 is 5.97 Å². The summed E-state index contributed by atoms with van der Waals surface area (Å²) in [6, 6.07) is 3.84. The van der Waals surface area contributed by atoms with Gasteiger partial charge in [0.25, 0.3) is 0 Å². The van der Waals surface area contributed by atoms with Crippen LogP contribution in [0.15, 0.2) is 27.6 Å². The standard InChI is InChI=1S/C11H12BrNO4S/c1-6-4-9(6)13-18(16,17)10-3-2-7(11(14)15)5-8(10)12/h2-3,5-6,9,13H,4H2,1H3,(H,14,15). The summed E-state index contributed by atoms with van der Waals surface area (Å²) < 4.78 is 26.9. The molecule has 1 fully saturated rings. The third-order valence-electron chi connectivity index (χ3n) is 2.88. The summed E-state index contributed by atoms with van der Waals surface area (Å²) in [5.74, 6) is -0.736. The summed E-state index contributed by atoms with van der Waals surface area (Å²) in [7, 11) is -3.59. The zero-order chi connectivity index (χ0) is 13.5. The average molecular weight is 334 g/mol. The van der Waals surface area contributed by atoms with Gasteiger partial charge in [0, 0.05) is 10.5 Å². The molecule has 18 heavy (non-hydrogen) atoms. The molecule has 1 aliphatic carbocycles. The summed E-state index contributed by atoms with van der Waals surface area (Å²) in [6.45, 7) is 1.97. The number of carboxylic acids is 1. The van der Waals surface area contributed by atoms with Crippen LogP contribution in [0.3, 0.4) is 0 Å². The molecule has 7 heteroatoms. The molecule has 1 aliphatic rings. The molecule has 0 heterocycles. The number of hydrogen-bond acceptors (Lipinski definition) is 3. The van der Waals surface area contributed by atoms with E-state index >= 15 is 0 Å². The Morgan fingerprint density at radius 3 is 2.56 bits per heavy atom. The largest absolute Gasteiger partial charge is 0.478 e. The van der Waals surface area contributed by atoms with Crippen molar-refractivity contribution in [2.75, 3.05) is 0 Å². The van der Waals surface area contributed by atoms with Crippen molar-refractivity contribution in [3.63, 3.8) is 0 Å². The van der Waals surface area contributed by atoms with Crippen LogP contribution in [0.5, 0.6) is 0 Å². The Morgan fingerprint density at radius 1 is 1.50 bits per heavy atom. The molecule has 1 aromatic carbocycles. The van der Waals surface area contributed by atoms with Crippen LogP contribution in [0.25, 0.3) is 0 Å². The molecule has 2 N–H and O–H groups in total. The van der Waals surface area contributed by atoms with Gasteiger partial charge in [0.15, 0.2) is 0 Å². The number of hydrogen-bond donors (Lipinski definition) is 2. The van der Waals surface area contributed by atoms with Crippen molar-refractivity contribution in [1.82, 2.24) is 4.72 Å². The van der Waals surface area contributed by atoms with Crippen molar-refractivity contribution in [3.05, 3.63) is 28.2 Å². The Balaban J connectivity index is 2.30. The zero-order valence-corrected chi connectivity index (χ0v) is 12.0. The second-order valence-electron chi connectivity index (χ2n) is 4.39. The fourth-order valence-corrected chi connectivity index (χ4v) is 4.04. The second kappa shape index (κ2) is 4.64. The first kappa shape index (κ1) is 13.5. The third-order valence-corrected chi connectivity index (χ3v) is 5.35. The van der Waals surface area contributed by atoms with Gasteiger partial charge in [0.05, 0.1) is 10.5 Å². The number of benzene rings is 1. The fraction of sp³-hybridized carbons (Fsp3) is 0.364. The van der Waals surface area contributed by atoms with E-state index < -0.39 is 16.0 Å². The number of nitrogens with one attached hydrogen (secondary N) is 1. The lowest BCUT2D eigenvalue weighted by Crippen LogP contribution is -2.27. The van der Waals surface area contributed by atoms with E-state index in [1.165, 1.54) is 18.2 Å². The monoisotopic (exact) mass is 333 g/mol. The molecular formula is C11H12BrNO4S. The molecule has 0 amide bonds. The third kappa shape index (κ3) is 2.73. The van der Waals surface area contributed by atoms with Gasteiger partial charge in [-0.25, -0.2) is 17.9 Å². The van der Waals surface area contributed by atoms with Crippen LogP contribution in [-0.2, 0) is 10.0 Å². The van der Waals surface area contributed by atoms with Gasteiger partial charge in [-0.2, -0.15) is 0 Å². The Bertz CT molecular complexity index is 599. The molecule has 2 atom stereocenters. The van der Waals surface area contributed by atoms with Crippen molar-refractivity contribution >= 4 is 31.9 Å². The molecule has 0 spiro atoms. The van der Waals surface area contributed by atoms with Gasteiger partial charge < -0.3 is 5.11 Å². The predicted molar refractivity (Wildman–Crippen MR) is 69.0 cm³/mol. The van der Waals surface area contributed by atoms with Gasteiger partial charge in [-0.05, 0) is 46.5 Å². The van der Waals surface area contributed by atoms with Crippen molar-refractivity contribution in [3.8, 4) is 0 Å². The van der Waals surface area contributed by atoms with E-state index in [4.69, 9.17) is 5.11 Å². The molecular weight excluding hydrogens is 322 g/mol. The number of aromatic carboxylic acids is 1. The molecule has 0 bridgehead atoms. The highest BCUT2D eigenvalue weighted by Gasteiger charge is 2.36. The van der Waals surface area contributed by atoms with Crippen LogP contribution < -0.4 is 4.72 Å². The Kier molecular flexibility index (Phi) is 3.48. The van der Waals surface area contributed by atoms with Crippen LogP contribution in [-0.4, -0.2) is 25.5 Å². The van der Waals surface area contributed by atoms with E-state index in [1.807, 2.05) is 6.92 Å². The number of carbonyl (C=O) groups is 1. The zero-order valence-electron chi connectivity index (χ0n) is 9.55. The lowest BCUT2D eigenvalue weighted by atomic mass is 10.2. The van der Waals surface area contributed by atoms with Crippen LogP contribution in [0.4, 0.5) is 0 Å². The normalized spacial score (nSPS) is 22.8. The minimum atomic E-state index is -3.59. The average Bonchev–Trinajstić information content (AvgIpc) is 2.92. The minimum Gasteiger partial charge on any atom is -0.478 e. The first-order chi connectivity index (χ1) is 8.31. The van der Waals surface area contributed by atoms with Crippen LogP contribution >= 0.6 is 15.9 Å². The molecule has 5 nitrogen and oxygen atoms in total. The van der Waals surface area contributed by atoms with E-state index in [0.29, 0.717) is 5.92 Å². The number of carboxylic acid groups (broad SMARTS) is 1. The van der Waals surface area contributed by atoms with Crippen molar-refractivity contribution in [2.24, 2.45) is 5.92 Å². The smallest absolute Gasteiger partial charge is 0.335 e. The molecule has 98 valence electrons. The predicted octanol–water partition coefficient (Wildman–Crippen LogP) is 1.83. The lowest BCUT2D eigenvalue weighted by Gasteiger charge is -2.08. The van der Waals surface area contributed by atoms with E-state index in [1.54, 1.807) is 0 Å². The first-order valence-corrected chi connectivity index (χ1v) is 7.64. The second-order valence-corrected chi connectivity index (χ2v) is 6.93. The summed E-state index contributed by atoms with van der Waals surface area (Å²) in [5.41, 5.74) is 0.0422. The Hall–Kier alpha value is -0.920. The quantitative estimate of drug-likeness (QED) is 0.880. The van der Waals surface area contributed by atoms with E-state index in [2.05, 4.69) is 20.7 Å². The SMILES string of the molecule is CC1CC1NS(=O)(=O)c1ccc(C(=O)O)cc1Br. The molecule has 1 aromatic rings. The Labute approximate surface area is 113 Å². The first-order valence-electron chi connectivity index (χ1n) is 5.36. The molecule has 0 aliphatic heterocycles. The molecule has 0 radical (unpaired) electrons. The molecule has 2 rings (SSSR count). The van der Waals surface area contributed by atoms with Gasteiger partial charge in [0.1, 0.15) is 0 Å². The highest BCUT2D eigenvalue weighted by molar-refractivity contribution is 9.10. The van der Waals surface area contributed by atoms with Gasteiger partial charge in [-0.1, -0.05) is 6.92 Å². The van der Waals surface area contributed by atoms with Crippen LogP contribution in [0.2, 0.25) is 0 Å². The van der Waals surface area contributed by atoms with Crippen molar-refractivity contribution in [1.29, 1.82) is 0 Å². The summed E-state index contributed by atoms with van der Waals surface area (Å²) in [6.07, 6.45) is 0.837. The van der Waals surface area contributed by atoms with Crippen molar-refractivity contribution in [2.45, 2.75) is 24.3 Å². The van der Waals surface area contributed by atoms with Crippen LogP contribution in [0.1, 0.15) is 23.7 Å². The molecule has 2 unspecified atom stereocenters. The lowest BCUT2D eigenvalue weighted by molar-refractivity contribution is 0.0696. The van der Waals surface area contributed by atoms with Gasteiger partial charge in [-0.15, -0.1) is 0 Å². The summed E-state index contributed by atoms with van der Waals surface area (Å²) in [4.78, 5) is 10.8. The summed E-state index contributed by atoms with van der Waals surface area (Å²) >= 11 is 3.09. The minimum absolute atomic E-state index is 0.0129. The molecule has 0 aromatic heterocycles. The van der Waals surface area contributed by atoms with E-state index in [-0.39, 0.29) is 21.0 Å². The van der Waals surface area contributed by atoms with Gasteiger partial charge in [-0.3, -0.25) is 0 Å². The number of halogens is 1. The van der Waals surface area contributed by atoms with Gasteiger partial charge in [0.2, 0.25) is 10.0 Å². The van der Waals surface area contributed by atoms with Crippen molar-refractivity contribution < 1.29 is 18.3 Å². The molecule has 0 saturated heterocycles. The number of rotatable bonds is 4. The van der Waals surface area contributed by atoms with E-state index in [0.717, 1.165) is 6.42 Å². The maximum absolute atomic E-state index is 12.0. The maximum atomic E-state index is 12.0. The number of sulfonamides is 1. The Morgan fingerprint density at radius 2 is 2.11 bits per heavy atom. The summed E-state index contributed by atoms with van der Waals surface area (Å²) in [5, 5.41) is 8.81. The molecule has 1 saturated carbocycles. The van der Waals surface area contributed by atoms with E-state index in [9.17, 15) is 13.2 Å². The maximum Gasteiger partial charge on any atom is 0.335 e. The highest BCUT2D eigenvalue weighted by atomic mass is 79.9.